The summed E-state index contributed by atoms with van der Waals surface area (Å²) in [5.74, 6) is -2.45. The third-order valence-corrected chi connectivity index (χ3v) is 3.26. The van der Waals surface area contributed by atoms with Crippen molar-refractivity contribution in [3.8, 4) is 0 Å². The van der Waals surface area contributed by atoms with Crippen molar-refractivity contribution in [1.29, 1.82) is 0 Å². The van der Waals surface area contributed by atoms with Crippen LogP contribution in [0.2, 0.25) is 0 Å². The number of halogens is 2. The number of carbonyl (C=O) groups excluding carboxylic acids is 1. The van der Waals surface area contributed by atoms with Gasteiger partial charge in [0.15, 0.2) is 11.6 Å². The van der Waals surface area contributed by atoms with E-state index in [1.54, 1.807) is 0 Å². The summed E-state index contributed by atoms with van der Waals surface area (Å²) in [6.07, 6.45) is 4.34. The summed E-state index contributed by atoms with van der Waals surface area (Å²) in [4.78, 5) is 16.3. The Morgan fingerprint density at radius 2 is 2.05 bits per heavy atom. The van der Waals surface area contributed by atoms with Crippen LogP contribution in [-0.4, -0.2) is 21.8 Å². The van der Waals surface area contributed by atoms with E-state index in [2.05, 4.69) is 10.3 Å². The van der Waals surface area contributed by atoms with Gasteiger partial charge in [0.2, 0.25) is 0 Å². The van der Waals surface area contributed by atoms with Gasteiger partial charge in [-0.1, -0.05) is 6.07 Å². The Bertz CT molecular complexity index is 796. The number of aromatic nitrogens is 2. The Balaban J connectivity index is 1.60. The summed E-state index contributed by atoms with van der Waals surface area (Å²) >= 11 is 0. The molecule has 0 fully saturated rings. The molecule has 0 saturated carbocycles. The molecule has 4 nitrogen and oxygen atoms in total. The molecule has 0 atom stereocenters. The number of pyridine rings is 1. The van der Waals surface area contributed by atoms with E-state index in [9.17, 15) is 13.6 Å². The Hall–Kier alpha value is -2.76. The lowest BCUT2D eigenvalue weighted by Gasteiger charge is -2.04. The zero-order chi connectivity index (χ0) is 15.5. The minimum absolute atomic E-state index is 0.0916. The van der Waals surface area contributed by atoms with E-state index >= 15 is 0 Å². The smallest absolute Gasteiger partial charge is 0.251 e. The Morgan fingerprint density at radius 3 is 2.82 bits per heavy atom. The molecule has 112 valence electrons. The van der Waals surface area contributed by atoms with Crippen LogP contribution in [0, 0.1) is 11.6 Å². The first-order valence-corrected chi connectivity index (χ1v) is 6.79. The minimum atomic E-state index is -1.03. The zero-order valence-electron chi connectivity index (χ0n) is 11.6. The summed E-state index contributed by atoms with van der Waals surface area (Å²) in [6.45, 7) is 0.363. The lowest BCUT2D eigenvalue weighted by molar-refractivity contribution is 0.0953. The molecular weight excluding hydrogens is 288 g/mol. The van der Waals surface area contributed by atoms with Crippen LogP contribution in [0.4, 0.5) is 8.78 Å². The van der Waals surface area contributed by atoms with E-state index in [0.29, 0.717) is 13.0 Å². The van der Waals surface area contributed by atoms with Crippen LogP contribution in [0.5, 0.6) is 0 Å². The van der Waals surface area contributed by atoms with Gasteiger partial charge in [-0.15, -0.1) is 0 Å². The van der Waals surface area contributed by atoms with E-state index in [1.165, 1.54) is 6.07 Å². The molecule has 0 aliphatic rings. The highest BCUT2D eigenvalue weighted by Crippen LogP contribution is 2.09. The average Bonchev–Trinajstić information content (AvgIpc) is 2.92. The van der Waals surface area contributed by atoms with Crippen molar-refractivity contribution in [1.82, 2.24) is 14.7 Å². The predicted molar refractivity (Wildman–Crippen MR) is 77.6 cm³/mol. The number of carbonyl (C=O) groups is 1. The number of nitrogens with zero attached hydrogens (tertiary/aromatic N) is 2. The number of amides is 1. The fourth-order valence-electron chi connectivity index (χ4n) is 2.15. The van der Waals surface area contributed by atoms with Gasteiger partial charge >= 0.3 is 0 Å². The Kier molecular flexibility index (Phi) is 3.82. The van der Waals surface area contributed by atoms with Gasteiger partial charge in [-0.2, -0.15) is 0 Å². The molecule has 2 heterocycles. The second-order valence-corrected chi connectivity index (χ2v) is 4.83. The van der Waals surface area contributed by atoms with Gasteiger partial charge in [0, 0.05) is 30.9 Å². The summed E-state index contributed by atoms with van der Waals surface area (Å²) in [5, 5.41) is 2.66. The Labute approximate surface area is 125 Å². The average molecular weight is 301 g/mol. The van der Waals surface area contributed by atoms with Gasteiger partial charge in [-0.3, -0.25) is 4.79 Å². The number of nitrogens with one attached hydrogen (secondary N) is 1. The monoisotopic (exact) mass is 301 g/mol. The molecule has 0 aliphatic carbocycles. The number of rotatable bonds is 4. The standard InChI is InChI=1S/C16H13F2N3O/c17-13-5-4-11(9-14(13)18)16(22)19-7-6-12-10-21-8-2-1-3-15(21)20-12/h1-5,8-10H,6-7H2,(H,19,22). The third-order valence-electron chi connectivity index (χ3n) is 3.26. The second-order valence-electron chi connectivity index (χ2n) is 4.83. The summed E-state index contributed by atoms with van der Waals surface area (Å²) in [7, 11) is 0. The van der Waals surface area contributed by atoms with Crippen LogP contribution >= 0.6 is 0 Å². The molecule has 0 aliphatic heterocycles. The number of hydrogen-bond acceptors (Lipinski definition) is 2. The zero-order valence-corrected chi connectivity index (χ0v) is 11.6. The predicted octanol–water partition coefficient (Wildman–Crippen LogP) is 2.59. The lowest BCUT2D eigenvalue weighted by Crippen LogP contribution is -2.25. The van der Waals surface area contributed by atoms with Crippen molar-refractivity contribution in [2.75, 3.05) is 6.54 Å². The number of hydrogen-bond donors (Lipinski definition) is 1. The summed E-state index contributed by atoms with van der Waals surface area (Å²) in [5.41, 5.74) is 1.77. The van der Waals surface area contributed by atoms with Crippen molar-refractivity contribution < 1.29 is 13.6 Å². The molecule has 1 aromatic carbocycles. The van der Waals surface area contributed by atoms with Crippen LogP contribution in [0.3, 0.4) is 0 Å². The fraction of sp³-hybridized carbons (Fsp3) is 0.125. The highest BCUT2D eigenvalue weighted by Gasteiger charge is 2.09. The van der Waals surface area contributed by atoms with E-state index in [0.717, 1.165) is 23.5 Å². The van der Waals surface area contributed by atoms with E-state index in [1.807, 2.05) is 35.0 Å². The first-order chi connectivity index (χ1) is 10.6. The molecule has 6 heteroatoms. The molecule has 0 radical (unpaired) electrons. The van der Waals surface area contributed by atoms with Crippen molar-refractivity contribution >= 4 is 11.6 Å². The van der Waals surface area contributed by atoms with E-state index < -0.39 is 17.5 Å². The van der Waals surface area contributed by atoms with Gasteiger partial charge in [-0.05, 0) is 30.3 Å². The minimum Gasteiger partial charge on any atom is -0.352 e. The maximum atomic E-state index is 13.1. The van der Waals surface area contributed by atoms with E-state index in [-0.39, 0.29) is 5.56 Å². The number of benzene rings is 1. The SMILES string of the molecule is O=C(NCCc1cn2ccccc2n1)c1ccc(F)c(F)c1. The molecule has 3 aromatic rings. The summed E-state index contributed by atoms with van der Waals surface area (Å²) in [6, 6.07) is 8.77. The molecule has 3 rings (SSSR count). The maximum Gasteiger partial charge on any atom is 0.251 e. The molecule has 0 unspecified atom stereocenters. The van der Waals surface area contributed by atoms with Crippen LogP contribution < -0.4 is 5.32 Å². The molecule has 2 aromatic heterocycles. The van der Waals surface area contributed by atoms with Crippen molar-refractivity contribution in [3.05, 3.63) is 71.7 Å². The first kappa shape index (κ1) is 14.2. The molecular formula is C16H13F2N3O. The largest absolute Gasteiger partial charge is 0.352 e. The highest BCUT2D eigenvalue weighted by molar-refractivity contribution is 5.94. The van der Waals surface area contributed by atoms with Crippen LogP contribution in [-0.2, 0) is 6.42 Å². The Morgan fingerprint density at radius 1 is 1.18 bits per heavy atom. The van der Waals surface area contributed by atoms with Crippen molar-refractivity contribution in [3.63, 3.8) is 0 Å². The maximum absolute atomic E-state index is 13.1. The molecule has 1 N–H and O–H groups in total. The third kappa shape index (κ3) is 2.95. The van der Waals surface area contributed by atoms with Crippen LogP contribution in [0.15, 0.2) is 48.8 Å². The topological polar surface area (TPSA) is 46.4 Å². The molecule has 0 bridgehead atoms. The molecule has 0 spiro atoms. The first-order valence-electron chi connectivity index (χ1n) is 6.79. The van der Waals surface area contributed by atoms with Gasteiger partial charge in [0.05, 0.1) is 5.69 Å². The van der Waals surface area contributed by atoms with Gasteiger partial charge < -0.3 is 9.72 Å². The van der Waals surface area contributed by atoms with Gasteiger partial charge in [0.1, 0.15) is 5.65 Å². The number of fused-ring (bicyclic) bond motifs is 1. The van der Waals surface area contributed by atoms with Gasteiger partial charge in [0.25, 0.3) is 5.91 Å². The fourth-order valence-corrected chi connectivity index (χ4v) is 2.15. The quantitative estimate of drug-likeness (QED) is 0.805. The van der Waals surface area contributed by atoms with Crippen molar-refractivity contribution in [2.45, 2.75) is 6.42 Å². The molecule has 22 heavy (non-hydrogen) atoms. The highest BCUT2D eigenvalue weighted by atomic mass is 19.2. The van der Waals surface area contributed by atoms with Crippen LogP contribution in [0.25, 0.3) is 5.65 Å². The normalized spacial score (nSPS) is 10.8. The second kappa shape index (κ2) is 5.93. The van der Waals surface area contributed by atoms with E-state index in [4.69, 9.17) is 0 Å². The van der Waals surface area contributed by atoms with Gasteiger partial charge in [-0.25, -0.2) is 13.8 Å². The van der Waals surface area contributed by atoms with Crippen molar-refractivity contribution in [2.24, 2.45) is 0 Å². The molecule has 0 saturated heterocycles. The lowest BCUT2D eigenvalue weighted by atomic mass is 10.2. The molecule has 1 amide bonds. The van der Waals surface area contributed by atoms with Crippen LogP contribution in [0.1, 0.15) is 16.1 Å². The number of imidazole rings is 1. The summed E-state index contributed by atoms with van der Waals surface area (Å²) < 4.78 is 27.8.